The molecule has 0 spiro atoms. The molecule has 0 amide bonds. The largest absolute Gasteiger partial charge is 0.332 e. The average Bonchev–Trinajstić information content (AvgIpc) is 1.92. The molecule has 0 saturated heterocycles. The van der Waals surface area contributed by atoms with E-state index in [0.29, 0.717) is 0 Å². The van der Waals surface area contributed by atoms with Gasteiger partial charge >= 0.3 is 10.2 Å². The molecule has 0 radical (unpaired) electrons. The molecule has 0 saturated carbocycles. The van der Waals surface area contributed by atoms with Gasteiger partial charge in [-0.2, -0.15) is 8.42 Å². The number of benzene rings is 1. The molecule has 66 valence electrons. The van der Waals surface area contributed by atoms with Gasteiger partial charge < -0.3 is 0 Å². The first-order valence-electron chi connectivity index (χ1n) is 3.12. The van der Waals surface area contributed by atoms with Crippen LogP contribution >= 0.6 is 11.6 Å². The first-order chi connectivity index (χ1) is 5.43. The minimum absolute atomic E-state index is 0.238. The van der Waals surface area contributed by atoms with Gasteiger partial charge in [0.2, 0.25) is 0 Å². The van der Waals surface area contributed by atoms with Crippen molar-refractivity contribution >= 4 is 21.8 Å². The van der Waals surface area contributed by atoms with Crippen molar-refractivity contribution in [3.8, 4) is 0 Å². The van der Waals surface area contributed by atoms with Crippen LogP contribution in [0.3, 0.4) is 0 Å². The van der Waals surface area contributed by atoms with Gasteiger partial charge in [0, 0.05) is 5.02 Å². The summed E-state index contributed by atoms with van der Waals surface area (Å²) < 4.78 is 33.4. The van der Waals surface area contributed by atoms with E-state index in [2.05, 4.69) is 0 Å². The van der Waals surface area contributed by atoms with Crippen molar-refractivity contribution in [3.63, 3.8) is 0 Å². The lowest BCUT2D eigenvalue weighted by molar-refractivity contribution is 0.551. The smallest absolute Gasteiger partial charge is 0.189 e. The van der Waals surface area contributed by atoms with Crippen molar-refractivity contribution in [1.29, 1.82) is 0 Å². The summed E-state index contributed by atoms with van der Waals surface area (Å²) in [6.07, 6.45) is 0. The van der Waals surface area contributed by atoms with Gasteiger partial charge in [0.05, 0.1) is 0 Å². The Balaban J connectivity index is 3.47. The van der Waals surface area contributed by atoms with E-state index in [1.165, 1.54) is 25.1 Å². The molecule has 0 aliphatic rings. The summed E-state index contributed by atoms with van der Waals surface area (Å²) in [5.41, 5.74) is 0.238. The highest BCUT2D eigenvalue weighted by molar-refractivity contribution is 7.86. The molecule has 0 aliphatic carbocycles. The van der Waals surface area contributed by atoms with Gasteiger partial charge in [-0.3, -0.25) is 0 Å². The van der Waals surface area contributed by atoms with E-state index >= 15 is 0 Å². The molecule has 0 fully saturated rings. The van der Waals surface area contributed by atoms with E-state index in [9.17, 15) is 12.3 Å². The molecular weight excluding hydrogens is 203 g/mol. The van der Waals surface area contributed by atoms with Gasteiger partial charge in [-0.15, -0.1) is 3.89 Å². The second-order valence-corrected chi connectivity index (χ2v) is 4.02. The molecule has 1 aromatic rings. The van der Waals surface area contributed by atoms with Gasteiger partial charge in [0.1, 0.15) is 4.90 Å². The lowest BCUT2D eigenvalue weighted by Gasteiger charge is -2.01. The molecule has 1 aromatic carbocycles. The molecule has 0 aliphatic heterocycles. The minimum Gasteiger partial charge on any atom is -0.189 e. The van der Waals surface area contributed by atoms with Gasteiger partial charge in [0.15, 0.2) is 0 Å². The summed E-state index contributed by atoms with van der Waals surface area (Å²) in [5, 5.41) is 0.244. The predicted molar refractivity (Wildman–Crippen MR) is 44.5 cm³/mol. The maximum atomic E-state index is 12.5. The lowest BCUT2D eigenvalue weighted by Crippen LogP contribution is -1.95. The van der Waals surface area contributed by atoms with E-state index < -0.39 is 10.2 Å². The molecule has 0 N–H and O–H groups in total. The fraction of sp³-hybridized carbons (Fsp3) is 0.143. The standard InChI is InChI=1S/C7H6ClFO2S/c1-5-6(8)3-2-4-7(5)12(9,10)11/h2-4H,1H3. The summed E-state index contributed by atoms with van der Waals surface area (Å²) in [4.78, 5) is -0.366. The van der Waals surface area contributed by atoms with Crippen LogP contribution < -0.4 is 0 Å². The van der Waals surface area contributed by atoms with Crippen LogP contribution in [0.15, 0.2) is 23.1 Å². The Morgan fingerprint density at radius 2 is 2.00 bits per heavy atom. The van der Waals surface area contributed by atoms with Gasteiger partial charge in [-0.25, -0.2) is 0 Å². The molecule has 2 nitrogen and oxygen atoms in total. The Labute approximate surface area is 75.2 Å². The Hall–Kier alpha value is -0.610. The van der Waals surface area contributed by atoms with Crippen LogP contribution in [0, 0.1) is 6.92 Å². The highest BCUT2D eigenvalue weighted by Gasteiger charge is 2.15. The Morgan fingerprint density at radius 3 is 2.42 bits per heavy atom. The Bertz CT molecular complexity index is 400. The van der Waals surface area contributed by atoms with E-state index in [4.69, 9.17) is 11.6 Å². The van der Waals surface area contributed by atoms with E-state index in [1.807, 2.05) is 0 Å². The first kappa shape index (κ1) is 9.48. The molecule has 0 bridgehead atoms. The summed E-state index contributed by atoms with van der Waals surface area (Å²) in [7, 11) is -4.64. The van der Waals surface area contributed by atoms with E-state index in [1.54, 1.807) is 0 Å². The summed E-state index contributed by atoms with van der Waals surface area (Å²) >= 11 is 5.59. The monoisotopic (exact) mass is 208 g/mol. The third kappa shape index (κ3) is 1.76. The predicted octanol–water partition coefficient (Wildman–Crippen LogP) is 2.31. The zero-order valence-electron chi connectivity index (χ0n) is 6.21. The van der Waals surface area contributed by atoms with Crippen molar-refractivity contribution in [2.24, 2.45) is 0 Å². The van der Waals surface area contributed by atoms with Crippen LogP contribution in [0.5, 0.6) is 0 Å². The van der Waals surface area contributed by atoms with E-state index in [-0.39, 0.29) is 15.5 Å². The number of hydrogen-bond acceptors (Lipinski definition) is 2. The third-order valence-electron chi connectivity index (χ3n) is 1.48. The summed E-state index contributed by atoms with van der Waals surface area (Å²) in [6, 6.07) is 4.07. The van der Waals surface area contributed by atoms with Crippen LogP contribution in [0.2, 0.25) is 5.02 Å². The maximum Gasteiger partial charge on any atom is 0.332 e. The molecular formula is C7H6ClFO2S. The summed E-state index contributed by atoms with van der Waals surface area (Å²) in [5.74, 6) is 0. The van der Waals surface area contributed by atoms with Crippen LogP contribution in [0.4, 0.5) is 3.89 Å². The molecule has 1 rings (SSSR count). The van der Waals surface area contributed by atoms with Gasteiger partial charge in [0.25, 0.3) is 0 Å². The Kier molecular flexibility index (Phi) is 2.39. The number of halogens is 2. The van der Waals surface area contributed by atoms with Crippen molar-refractivity contribution < 1.29 is 12.3 Å². The molecule has 0 heterocycles. The summed E-state index contributed by atoms with van der Waals surface area (Å²) in [6.45, 7) is 1.45. The quantitative estimate of drug-likeness (QED) is 0.664. The second kappa shape index (κ2) is 3.03. The normalized spacial score (nSPS) is 11.6. The van der Waals surface area contributed by atoms with Gasteiger partial charge in [-0.1, -0.05) is 17.7 Å². The van der Waals surface area contributed by atoms with Crippen molar-refractivity contribution in [1.82, 2.24) is 0 Å². The second-order valence-electron chi connectivity index (χ2n) is 2.30. The molecule has 12 heavy (non-hydrogen) atoms. The van der Waals surface area contributed by atoms with Crippen LogP contribution in [0.1, 0.15) is 5.56 Å². The SMILES string of the molecule is Cc1c(Cl)cccc1S(=O)(=O)F. The highest BCUT2D eigenvalue weighted by Crippen LogP contribution is 2.23. The van der Waals surface area contributed by atoms with Crippen LogP contribution in [0.25, 0.3) is 0 Å². The van der Waals surface area contributed by atoms with Crippen LogP contribution in [-0.4, -0.2) is 8.42 Å². The topological polar surface area (TPSA) is 34.1 Å². The molecule has 0 aromatic heterocycles. The zero-order chi connectivity index (χ0) is 9.35. The van der Waals surface area contributed by atoms with Crippen LogP contribution in [-0.2, 0) is 10.2 Å². The van der Waals surface area contributed by atoms with Crippen molar-refractivity contribution in [2.75, 3.05) is 0 Å². The highest BCUT2D eigenvalue weighted by atomic mass is 35.5. The fourth-order valence-corrected chi connectivity index (χ4v) is 1.80. The third-order valence-corrected chi connectivity index (χ3v) is 2.86. The fourth-order valence-electron chi connectivity index (χ4n) is 0.852. The van der Waals surface area contributed by atoms with Gasteiger partial charge in [-0.05, 0) is 24.6 Å². The zero-order valence-corrected chi connectivity index (χ0v) is 7.79. The van der Waals surface area contributed by atoms with Crippen molar-refractivity contribution in [3.05, 3.63) is 28.8 Å². The number of rotatable bonds is 1. The van der Waals surface area contributed by atoms with E-state index in [0.717, 1.165) is 0 Å². The van der Waals surface area contributed by atoms with Crippen molar-refractivity contribution in [2.45, 2.75) is 11.8 Å². The lowest BCUT2D eigenvalue weighted by atomic mass is 10.2. The average molecular weight is 209 g/mol. The number of hydrogen-bond donors (Lipinski definition) is 0. The first-order valence-corrected chi connectivity index (χ1v) is 4.89. The maximum absolute atomic E-state index is 12.5. The minimum atomic E-state index is -4.64. The molecule has 0 unspecified atom stereocenters. The molecule has 0 atom stereocenters. The Morgan fingerprint density at radius 1 is 1.42 bits per heavy atom. The molecule has 5 heteroatoms.